The highest BCUT2D eigenvalue weighted by molar-refractivity contribution is 7.89. The van der Waals surface area contributed by atoms with Crippen LogP contribution in [0.4, 0.5) is 8.78 Å². The molecule has 0 radical (unpaired) electrons. The van der Waals surface area contributed by atoms with Crippen molar-refractivity contribution in [2.75, 3.05) is 0 Å². The molecule has 0 aromatic rings. The third-order valence-electron chi connectivity index (χ3n) is 2.01. The van der Waals surface area contributed by atoms with Crippen molar-refractivity contribution in [2.24, 2.45) is 0 Å². The van der Waals surface area contributed by atoms with Crippen LogP contribution in [0.25, 0.3) is 0 Å². The molecule has 1 aliphatic rings. The highest BCUT2D eigenvalue weighted by Gasteiger charge is 2.35. The summed E-state index contributed by atoms with van der Waals surface area (Å²) in [5.74, 6) is -1.07. The minimum atomic E-state index is -4.49. The fourth-order valence-corrected chi connectivity index (χ4v) is 2.00. The van der Waals surface area contributed by atoms with Gasteiger partial charge in [-0.1, -0.05) is 0 Å². The van der Waals surface area contributed by atoms with Crippen LogP contribution in [-0.4, -0.2) is 18.6 Å². The van der Waals surface area contributed by atoms with E-state index in [0.717, 1.165) is 0 Å². The standard InChI is InChI=1S/C7H10F2O3S/c1-7(9)3-2-6(5(8)4-7)13(10,11)12/h2-4H2,1H3,(H,10,11,12). The first kappa shape index (κ1) is 10.6. The molecule has 0 aromatic heterocycles. The Morgan fingerprint density at radius 3 is 2.46 bits per heavy atom. The summed E-state index contributed by atoms with van der Waals surface area (Å²) in [5, 5.41) is 0. The second-order valence-corrected chi connectivity index (χ2v) is 4.84. The van der Waals surface area contributed by atoms with Gasteiger partial charge in [-0.25, -0.2) is 8.78 Å². The van der Waals surface area contributed by atoms with E-state index in [2.05, 4.69) is 0 Å². The molecule has 0 saturated heterocycles. The SMILES string of the molecule is CC1(F)CCC(S(=O)(=O)O)=C(F)C1. The molecule has 1 unspecified atom stereocenters. The zero-order valence-corrected chi connectivity index (χ0v) is 7.87. The van der Waals surface area contributed by atoms with Crippen LogP contribution in [0, 0.1) is 0 Å². The molecule has 0 bridgehead atoms. The van der Waals surface area contributed by atoms with Crippen molar-refractivity contribution >= 4 is 10.1 Å². The molecule has 13 heavy (non-hydrogen) atoms. The fraction of sp³-hybridized carbons (Fsp3) is 0.714. The van der Waals surface area contributed by atoms with E-state index in [1.807, 2.05) is 0 Å². The van der Waals surface area contributed by atoms with Crippen molar-refractivity contribution in [1.29, 1.82) is 0 Å². The average Bonchev–Trinajstić information content (AvgIpc) is 1.80. The van der Waals surface area contributed by atoms with Crippen LogP contribution in [0.5, 0.6) is 0 Å². The first-order chi connectivity index (χ1) is 5.72. The van der Waals surface area contributed by atoms with Crippen molar-refractivity contribution in [3.8, 4) is 0 Å². The van der Waals surface area contributed by atoms with Gasteiger partial charge in [0, 0.05) is 6.42 Å². The van der Waals surface area contributed by atoms with Crippen LogP contribution in [0.15, 0.2) is 10.7 Å². The van der Waals surface area contributed by atoms with Crippen LogP contribution in [-0.2, 0) is 10.1 Å². The minimum Gasteiger partial charge on any atom is -0.282 e. The predicted octanol–water partition coefficient (Wildman–Crippen LogP) is 1.97. The highest BCUT2D eigenvalue weighted by Crippen LogP contribution is 2.37. The topological polar surface area (TPSA) is 54.4 Å². The van der Waals surface area contributed by atoms with Gasteiger partial charge in [0.1, 0.15) is 16.4 Å². The molecule has 0 amide bonds. The Bertz CT molecular complexity index is 343. The molecular weight excluding hydrogens is 202 g/mol. The van der Waals surface area contributed by atoms with Gasteiger partial charge >= 0.3 is 0 Å². The first-order valence-corrected chi connectivity index (χ1v) is 5.20. The summed E-state index contributed by atoms with van der Waals surface area (Å²) in [4.78, 5) is -0.678. The Hall–Kier alpha value is -0.490. The average molecular weight is 212 g/mol. The van der Waals surface area contributed by atoms with Crippen LogP contribution in [0.1, 0.15) is 26.2 Å². The second kappa shape index (κ2) is 3.02. The van der Waals surface area contributed by atoms with Gasteiger partial charge in [-0.3, -0.25) is 4.55 Å². The van der Waals surface area contributed by atoms with E-state index in [1.54, 1.807) is 0 Å². The van der Waals surface area contributed by atoms with Gasteiger partial charge in [-0.15, -0.1) is 0 Å². The number of hydrogen-bond acceptors (Lipinski definition) is 2. The number of allylic oxidation sites excluding steroid dienone is 2. The van der Waals surface area contributed by atoms with Gasteiger partial charge in [0.2, 0.25) is 0 Å². The molecule has 0 aliphatic heterocycles. The quantitative estimate of drug-likeness (QED) is 0.676. The molecule has 1 atom stereocenters. The summed E-state index contributed by atoms with van der Waals surface area (Å²) in [7, 11) is -4.49. The maximum Gasteiger partial charge on any atom is 0.293 e. The van der Waals surface area contributed by atoms with Crippen molar-refractivity contribution in [2.45, 2.75) is 31.9 Å². The third kappa shape index (κ3) is 2.47. The second-order valence-electron chi connectivity index (χ2n) is 3.39. The summed E-state index contributed by atoms with van der Waals surface area (Å²) in [6.45, 7) is 1.20. The van der Waals surface area contributed by atoms with Crippen LogP contribution in [0.2, 0.25) is 0 Å². The zero-order chi connectivity index (χ0) is 10.3. The van der Waals surface area contributed by atoms with E-state index in [1.165, 1.54) is 6.92 Å². The number of hydrogen-bond donors (Lipinski definition) is 1. The van der Waals surface area contributed by atoms with Crippen molar-refractivity contribution in [3.05, 3.63) is 10.7 Å². The molecule has 1 aliphatic carbocycles. The largest absolute Gasteiger partial charge is 0.293 e. The lowest BCUT2D eigenvalue weighted by Gasteiger charge is -2.24. The molecule has 6 heteroatoms. The number of halogens is 2. The summed E-state index contributed by atoms with van der Waals surface area (Å²) in [5.41, 5.74) is -1.71. The maximum atomic E-state index is 13.1. The molecule has 0 spiro atoms. The number of alkyl halides is 1. The molecule has 3 nitrogen and oxygen atoms in total. The van der Waals surface area contributed by atoms with Crippen molar-refractivity contribution in [1.82, 2.24) is 0 Å². The lowest BCUT2D eigenvalue weighted by atomic mass is 9.92. The van der Waals surface area contributed by atoms with E-state index in [-0.39, 0.29) is 12.8 Å². The Balaban J connectivity index is 3.04. The smallest absolute Gasteiger partial charge is 0.282 e. The zero-order valence-electron chi connectivity index (χ0n) is 7.05. The van der Waals surface area contributed by atoms with Gasteiger partial charge in [0.15, 0.2) is 0 Å². The van der Waals surface area contributed by atoms with Gasteiger partial charge in [0.05, 0.1) is 0 Å². The molecule has 0 fully saturated rings. The van der Waals surface area contributed by atoms with E-state index in [4.69, 9.17) is 4.55 Å². The Morgan fingerprint density at radius 1 is 1.54 bits per heavy atom. The van der Waals surface area contributed by atoms with Crippen LogP contribution < -0.4 is 0 Å². The Kier molecular flexibility index (Phi) is 2.46. The Labute approximate surface area is 75.2 Å². The maximum absolute atomic E-state index is 13.1. The summed E-state index contributed by atoms with van der Waals surface area (Å²) in [6.07, 6.45) is -0.949. The van der Waals surface area contributed by atoms with Crippen molar-refractivity contribution in [3.63, 3.8) is 0 Å². The summed E-state index contributed by atoms with van der Waals surface area (Å²) >= 11 is 0. The minimum absolute atomic E-state index is 0.0878. The van der Waals surface area contributed by atoms with Gasteiger partial charge < -0.3 is 0 Å². The lowest BCUT2D eigenvalue weighted by Crippen LogP contribution is -2.24. The van der Waals surface area contributed by atoms with Gasteiger partial charge in [-0.2, -0.15) is 8.42 Å². The molecule has 0 aromatic carbocycles. The molecular formula is C7H10F2O3S. The first-order valence-electron chi connectivity index (χ1n) is 3.76. The normalized spacial score (nSPS) is 30.8. The predicted molar refractivity (Wildman–Crippen MR) is 43.0 cm³/mol. The highest BCUT2D eigenvalue weighted by atomic mass is 32.2. The Morgan fingerprint density at radius 2 is 2.08 bits per heavy atom. The van der Waals surface area contributed by atoms with Crippen LogP contribution in [0.3, 0.4) is 0 Å². The number of rotatable bonds is 1. The summed E-state index contributed by atoms with van der Waals surface area (Å²) < 4.78 is 55.7. The lowest BCUT2D eigenvalue weighted by molar-refractivity contribution is 0.155. The van der Waals surface area contributed by atoms with E-state index < -0.39 is 32.9 Å². The van der Waals surface area contributed by atoms with E-state index in [9.17, 15) is 17.2 Å². The van der Waals surface area contributed by atoms with E-state index >= 15 is 0 Å². The van der Waals surface area contributed by atoms with Gasteiger partial charge in [-0.05, 0) is 19.8 Å². The monoisotopic (exact) mass is 212 g/mol. The summed E-state index contributed by atoms with van der Waals surface area (Å²) in [6, 6.07) is 0. The molecule has 1 rings (SSSR count). The fourth-order valence-electron chi connectivity index (χ4n) is 1.29. The molecule has 1 N–H and O–H groups in total. The third-order valence-corrected chi connectivity index (χ3v) is 3.06. The van der Waals surface area contributed by atoms with Crippen molar-refractivity contribution < 1.29 is 21.8 Å². The van der Waals surface area contributed by atoms with Crippen LogP contribution >= 0.6 is 0 Å². The molecule has 76 valence electrons. The van der Waals surface area contributed by atoms with E-state index in [0.29, 0.717) is 0 Å². The molecule has 0 saturated carbocycles. The molecule has 0 heterocycles. The van der Waals surface area contributed by atoms with Gasteiger partial charge in [0.25, 0.3) is 10.1 Å².